The van der Waals surface area contributed by atoms with E-state index in [4.69, 9.17) is 4.42 Å². The number of alkyl halides is 3. The average molecular weight is 406 g/mol. The van der Waals surface area contributed by atoms with E-state index >= 15 is 0 Å². The first-order valence-electron chi connectivity index (χ1n) is 8.41. The van der Waals surface area contributed by atoms with Crippen LogP contribution in [0.4, 0.5) is 13.2 Å². The van der Waals surface area contributed by atoms with Gasteiger partial charge in [0.25, 0.3) is 5.91 Å². The lowest BCUT2D eigenvalue weighted by Crippen LogP contribution is -2.30. The molecule has 12 heteroatoms. The van der Waals surface area contributed by atoms with Gasteiger partial charge >= 0.3 is 11.9 Å². The van der Waals surface area contributed by atoms with E-state index < -0.39 is 23.5 Å². The monoisotopic (exact) mass is 406 g/mol. The molecule has 0 radical (unpaired) electrons. The number of carbonyl (C=O) groups is 1. The quantitative estimate of drug-likeness (QED) is 0.554. The predicted octanol–water partition coefficient (Wildman–Crippen LogP) is 1.79. The van der Waals surface area contributed by atoms with Crippen molar-refractivity contribution in [1.29, 1.82) is 0 Å². The number of fused-ring (bicyclic) bond motifs is 2. The van der Waals surface area contributed by atoms with Gasteiger partial charge in [-0.05, 0) is 25.1 Å². The van der Waals surface area contributed by atoms with Crippen LogP contribution < -0.4 is 11.1 Å². The third kappa shape index (κ3) is 3.44. The number of hydrogen-bond acceptors (Lipinski definition) is 6. The number of hydrogen-bond donors (Lipinski definition) is 1. The zero-order valence-corrected chi connectivity index (χ0v) is 14.9. The van der Waals surface area contributed by atoms with Crippen LogP contribution in [-0.4, -0.2) is 36.6 Å². The van der Waals surface area contributed by atoms with Crippen LogP contribution in [-0.2, 0) is 12.7 Å². The van der Waals surface area contributed by atoms with Gasteiger partial charge in [-0.3, -0.25) is 9.36 Å². The molecule has 0 aliphatic rings. The summed E-state index contributed by atoms with van der Waals surface area (Å²) in [5, 5.41) is 6.24. The Morgan fingerprint density at radius 1 is 1.31 bits per heavy atom. The highest BCUT2D eigenvalue weighted by atomic mass is 19.4. The van der Waals surface area contributed by atoms with Gasteiger partial charge in [0.15, 0.2) is 22.6 Å². The Morgan fingerprint density at radius 3 is 2.86 bits per heavy atom. The molecule has 0 atom stereocenters. The Labute approximate surface area is 159 Å². The largest absolute Gasteiger partial charge is 0.433 e. The van der Waals surface area contributed by atoms with Crippen LogP contribution in [0.15, 0.2) is 39.7 Å². The number of nitrogens with zero attached hydrogens (tertiary/aromatic N) is 5. The summed E-state index contributed by atoms with van der Waals surface area (Å²) in [6.07, 6.45) is -3.15. The summed E-state index contributed by atoms with van der Waals surface area (Å²) in [5.41, 5.74) is -0.559. The summed E-state index contributed by atoms with van der Waals surface area (Å²) < 4.78 is 46.5. The molecule has 4 heterocycles. The SMILES string of the molecule is Cc1cc(C(F)(F)F)n2nc(C(=O)NCCn3c(=O)oc4cccnc43)cc2n1. The summed E-state index contributed by atoms with van der Waals surface area (Å²) >= 11 is 0. The summed E-state index contributed by atoms with van der Waals surface area (Å²) in [7, 11) is 0. The van der Waals surface area contributed by atoms with Gasteiger partial charge in [0.1, 0.15) is 5.69 Å². The molecule has 0 fully saturated rings. The van der Waals surface area contributed by atoms with Gasteiger partial charge in [0.2, 0.25) is 0 Å². The summed E-state index contributed by atoms with van der Waals surface area (Å²) in [4.78, 5) is 32.2. The Bertz CT molecular complexity index is 1290. The first kappa shape index (κ1) is 18.7. The minimum Gasteiger partial charge on any atom is -0.406 e. The average Bonchev–Trinajstić information content (AvgIpc) is 3.21. The fourth-order valence-electron chi connectivity index (χ4n) is 2.88. The van der Waals surface area contributed by atoms with Crippen LogP contribution in [0, 0.1) is 6.92 Å². The molecule has 0 aromatic carbocycles. The van der Waals surface area contributed by atoms with E-state index in [1.54, 1.807) is 12.1 Å². The van der Waals surface area contributed by atoms with Crippen molar-refractivity contribution >= 4 is 22.8 Å². The molecule has 4 aromatic heterocycles. The van der Waals surface area contributed by atoms with Crippen molar-refractivity contribution in [2.45, 2.75) is 19.6 Å². The van der Waals surface area contributed by atoms with Crippen molar-refractivity contribution in [3.63, 3.8) is 0 Å². The maximum atomic E-state index is 13.2. The fourth-order valence-corrected chi connectivity index (χ4v) is 2.88. The van der Waals surface area contributed by atoms with E-state index in [1.807, 2.05) is 0 Å². The summed E-state index contributed by atoms with van der Waals surface area (Å²) in [5.74, 6) is -1.33. The third-order valence-corrected chi connectivity index (χ3v) is 4.12. The lowest BCUT2D eigenvalue weighted by atomic mass is 10.3. The number of halogens is 3. The van der Waals surface area contributed by atoms with Crippen molar-refractivity contribution in [3.05, 3.63) is 58.1 Å². The van der Waals surface area contributed by atoms with Crippen molar-refractivity contribution in [2.24, 2.45) is 0 Å². The highest BCUT2D eigenvalue weighted by molar-refractivity contribution is 5.93. The van der Waals surface area contributed by atoms with Crippen LogP contribution in [0.3, 0.4) is 0 Å². The second-order valence-electron chi connectivity index (χ2n) is 6.18. The van der Waals surface area contributed by atoms with E-state index in [-0.39, 0.29) is 30.1 Å². The van der Waals surface area contributed by atoms with Gasteiger partial charge in [-0.15, -0.1) is 0 Å². The number of nitrogens with one attached hydrogen (secondary N) is 1. The molecule has 0 spiro atoms. The lowest BCUT2D eigenvalue weighted by Gasteiger charge is -2.09. The number of rotatable bonds is 4. The minimum atomic E-state index is -4.65. The molecular formula is C17H13F3N6O3. The number of amides is 1. The molecule has 0 unspecified atom stereocenters. The summed E-state index contributed by atoms with van der Waals surface area (Å²) in [6.45, 7) is 1.49. The van der Waals surface area contributed by atoms with Gasteiger partial charge in [-0.25, -0.2) is 19.3 Å². The Kier molecular flexibility index (Phi) is 4.32. The van der Waals surface area contributed by atoms with E-state index in [0.29, 0.717) is 15.7 Å². The first-order chi connectivity index (χ1) is 13.7. The van der Waals surface area contributed by atoms with Crippen molar-refractivity contribution in [1.82, 2.24) is 29.5 Å². The molecule has 0 bridgehead atoms. The molecule has 150 valence electrons. The molecule has 0 aliphatic heterocycles. The normalized spacial score (nSPS) is 12.0. The molecule has 1 N–H and O–H groups in total. The molecule has 0 saturated carbocycles. The molecule has 4 rings (SSSR count). The molecule has 1 amide bonds. The zero-order valence-electron chi connectivity index (χ0n) is 14.9. The molecular weight excluding hydrogens is 393 g/mol. The van der Waals surface area contributed by atoms with Gasteiger partial charge in [0.05, 0.1) is 0 Å². The van der Waals surface area contributed by atoms with Crippen LogP contribution in [0.2, 0.25) is 0 Å². The Hall–Kier alpha value is -3.70. The van der Waals surface area contributed by atoms with Gasteiger partial charge in [0, 0.05) is 31.0 Å². The van der Waals surface area contributed by atoms with Crippen LogP contribution >= 0.6 is 0 Å². The maximum Gasteiger partial charge on any atom is 0.433 e. The van der Waals surface area contributed by atoms with E-state index in [2.05, 4.69) is 20.4 Å². The zero-order chi connectivity index (χ0) is 20.8. The summed E-state index contributed by atoms with van der Waals surface area (Å²) in [6, 6.07) is 5.22. The fraction of sp³-hybridized carbons (Fsp3) is 0.235. The van der Waals surface area contributed by atoms with Crippen molar-refractivity contribution < 1.29 is 22.4 Å². The maximum absolute atomic E-state index is 13.2. The van der Waals surface area contributed by atoms with Crippen LogP contribution in [0.25, 0.3) is 16.9 Å². The predicted molar refractivity (Wildman–Crippen MR) is 93.3 cm³/mol. The first-order valence-corrected chi connectivity index (χ1v) is 8.41. The molecule has 0 saturated heterocycles. The van der Waals surface area contributed by atoms with E-state index in [0.717, 1.165) is 6.07 Å². The van der Waals surface area contributed by atoms with Gasteiger partial charge < -0.3 is 9.73 Å². The number of aromatic nitrogens is 5. The van der Waals surface area contributed by atoms with Gasteiger partial charge in [-0.1, -0.05) is 0 Å². The smallest absolute Gasteiger partial charge is 0.406 e. The molecule has 4 aromatic rings. The molecule has 9 nitrogen and oxygen atoms in total. The van der Waals surface area contributed by atoms with Crippen LogP contribution in [0.5, 0.6) is 0 Å². The second kappa shape index (κ2) is 6.72. The number of oxazole rings is 1. The Balaban J connectivity index is 1.54. The highest BCUT2D eigenvalue weighted by Crippen LogP contribution is 2.29. The number of aryl methyl sites for hydroxylation is 1. The topological polar surface area (TPSA) is 107 Å². The van der Waals surface area contributed by atoms with Crippen molar-refractivity contribution in [3.8, 4) is 0 Å². The second-order valence-corrected chi connectivity index (χ2v) is 6.18. The number of carbonyl (C=O) groups excluding carboxylic acids is 1. The van der Waals surface area contributed by atoms with Crippen molar-refractivity contribution in [2.75, 3.05) is 6.54 Å². The standard InChI is InChI=1S/C17H13F3N6O3/c1-9-7-12(17(18,19)20)26-13(23-9)8-10(24-26)15(27)22-5-6-25-14-11(29-16(25)28)3-2-4-21-14/h2-4,7-8H,5-6H2,1H3,(H,22,27). The lowest BCUT2D eigenvalue weighted by molar-refractivity contribution is -0.142. The minimum absolute atomic E-state index is 0.0103. The Morgan fingerprint density at radius 2 is 2.10 bits per heavy atom. The van der Waals surface area contributed by atoms with Gasteiger partial charge in [-0.2, -0.15) is 18.3 Å². The molecule has 0 aliphatic carbocycles. The van der Waals surface area contributed by atoms with Crippen LogP contribution in [0.1, 0.15) is 21.9 Å². The third-order valence-electron chi connectivity index (χ3n) is 4.12. The molecule has 29 heavy (non-hydrogen) atoms. The van der Waals surface area contributed by atoms with E-state index in [1.165, 1.54) is 23.8 Å². The highest BCUT2D eigenvalue weighted by Gasteiger charge is 2.35. The van der Waals surface area contributed by atoms with E-state index in [9.17, 15) is 22.8 Å². The number of pyridine rings is 1.